The van der Waals surface area contributed by atoms with Crippen LogP contribution in [0.2, 0.25) is 0 Å². The summed E-state index contributed by atoms with van der Waals surface area (Å²) >= 11 is 3.29. The molecule has 0 bridgehead atoms. The number of hydrogen-bond donors (Lipinski definition) is 2. The van der Waals surface area contributed by atoms with E-state index in [-0.39, 0.29) is 5.56 Å². The zero-order valence-corrected chi connectivity index (χ0v) is 16.3. The van der Waals surface area contributed by atoms with E-state index in [1.807, 2.05) is 0 Å². The van der Waals surface area contributed by atoms with Gasteiger partial charge >= 0.3 is 12.0 Å². The van der Waals surface area contributed by atoms with Crippen LogP contribution in [-0.4, -0.2) is 44.3 Å². The van der Waals surface area contributed by atoms with Crippen LogP contribution in [0.25, 0.3) is 0 Å². The molecule has 0 heterocycles. The summed E-state index contributed by atoms with van der Waals surface area (Å²) in [7, 11) is 2.88. The Labute approximate surface area is 154 Å². The molecule has 0 radical (unpaired) electrons. The maximum atomic E-state index is 12.1. The quantitative estimate of drug-likeness (QED) is 0.713. The van der Waals surface area contributed by atoms with Gasteiger partial charge in [-0.2, -0.15) is 0 Å². The lowest BCUT2D eigenvalue weighted by molar-refractivity contribution is -0.123. The number of carbonyl (C=O) groups excluding carboxylic acids is 3. The largest absolute Gasteiger partial charge is 0.495 e. The molecule has 0 aliphatic rings. The Morgan fingerprint density at radius 1 is 1.08 bits per heavy atom. The van der Waals surface area contributed by atoms with Gasteiger partial charge in [0.1, 0.15) is 16.0 Å². The number of nitrogens with one attached hydrogen (secondary N) is 2. The smallest absolute Gasteiger partial charge is 0.338 e. The predicted molar refractivity (Wildman–Crippen MR) is 94.0 cm³/mol. The lowest BCUT2D eigenvalue weighted by Crippen LogP contribution is -2.49. The Bertz CT molecular complexity index is 644. The lowest BCUT2D eigenvalue weighted by atomic mass is 10.1. The summed E-state index contributed by atoms with van der Waals surface area (Å²) in [4.78, 5) is 35.3. The van der Waals surface area contributed by atoms with Crippen LogP contribution in [0.15, 0.2) is 16.6 Å². The van der Waals surface area contributed by atoms with Gasteiger partial charge < -0.3 is 19.5 Å². The Morgan fingerprint density at radius 3 is 2.04 bits per heavy atom. The molecule has 0 aliphatic carbocycles. The first-order valence-electron chi connectivity index (χ1n) is 7.28. The van der Waals surface area contributed by atoms with Crippen LogP contribution in [0.4, 0.5) is 4.79 Å². The van der Waals surface area contributed by atoms with Gasteiger partial charge in [-0.1, -0.05) is 0 Å². The van der Waals surface area contributed by atoms with E-state index in [0.717, 1.165) is 0 Å². The minimum Gasteiger partial charge on any atom is -0.495 e. The molecule has 0 saturated carbocycles. The fraction of sp³-hybridized carbons (Fsp3) is 0.438. The summed E-state index contributed by atoms with van der Waals surface area (Å²) in [5.74, 6) is -0.748. The summed E-state index contributed by atoms with van der Waals surface area (Å²) < 4.78 is 15.7. The maximum Gasteiger partial charge on any atom is 0.338 e. The van der Waals surface area contributed by atoms with E-state index >= 15 is 0 Å². The van der Waals surface area contributed by atoms with Gasteiger partial charge in [-0.3, -0.25) is 10.1 Å². The summed E-state index contributed by atoms with van der Waals surface area (Å²) in [5, 5.41) is 4.63. The van der Waals surface area contributed by atoms with Crippen LogP contribution in [0, 0.1) is 0 Å². The molecule has 1 aromatic carbocycles. The molecule has 25 heavy (non-hydrogen) atoms. The molecule has 3 amide bonds. The number of imide groups is 1. The number of hydrogen-bond acceptors (Lipinski definition) is 6. The fourth-order valence-electron chi connectivity index (χ4n) is 1.74. The van der Waals surface area contributed by atoms with E-state index in [2.05, 4.69) is 26.6 Å². The molecule has 8 nitrogen and oxygen atoms in total. The summed E-state index contributed by atoms with van der Waals surface area (Å²) in [6.45, 7) is 4.71. The average molecular weight is 417 g/mol. The molecule has 9 heteroatoms. The first-order chi connectivity index (χ1) is 11.6. The zero-order valence-electron chi connectivity index (χ0n) is 14.7. The SMILES string of the molecule is COc1cc(C(=O)OCC(=O)NC(=O)NC(C)(C)C)cc(OC)c1Br. The summed E-state index contributed by atoms with van der Waals surface area (Å²) in [6.07, 6.45) is 0. The van der Waals surface area contributed by atoms with Crippen LogP contribution in [-0.2, 0) is 9.53 Å². The highest BCUT2D eigenvalue weighted by atomic mass is 79.9. The molecule has 0 aliphatic heterocycles. The molecule has 0 spiro atoms. The van der Waals surface area contributed by atoms with E-state index in [4.69, 9.17) is 14.2 Å². The van der Waals surface area contributed by atoms with Crippen molar-refractivity contribution in [2.24, 2.45) is 0 Å². The number of carbonyl (C=O) groups is 3. The highest BCUT2D eigenvalue weighted by Gasteiger charge is 2.19. The number of urea groups is 1. The number of benzene rings is 1. The number of amides is 3. The van der Waals surface area contributed by atoms with Gasteiger partial charge in [0.25, 0.3) is 5.91 Å². The molecule has 0 atom stereocenters. The van der Waals surface area contributed by atoms with Gasteiger partial charge in [0.2, 0.25) is 0 Å². The van der Waals surface area contributed by atoms with Crippen molar-refractivity contribution in [1.29, 1.82) is 0 Å². The summed E-state index contributed by atoms with van der Waals surface area (Å²) in [6, 6.07) is 2.22. The zero-order chi connectivity index (χ0) is 19.2. The van der Waals surface area contributed by atoms with Crippen molar-refractivity contribution in [2.75, 3.05) is 20.8 Å². The van der Waals surface area contributed by atoms with Crippen molar-refractivity contribution in [1.82, 2.24) is 10.6 Å². The van der Waals surface area contributed by atoms with E-state index in [1.54, 1.807) is 20.8 Å². The second kappa shape index (κ2) is 8.70. The van der Waals surface area contributed by atoms with E-state index < -0.39 is 30.1 Å². The van der Waals surface area contributed by atoms with Gasteiger partial charge in [0.15, 0.2) is 6.61 Å². The van der Waals surface area contributed by atoms with Gasteiger partial charge in [-0.15, -0.1) is 0 Å². The number of methoxy groups -OCH3 is 2. The first-order valence-corrected chi connectivity index (χ1v) is 8.07. The molecule has 2 N–H and O–H groups in total. The van der Waals surface area contributed by atoms with E-state index in [0.29, 0.717) is 16.0 Å². The van der Waals surface area contributed by atoms with Crippen LogP contribution in [0.1, 0.15) is 31.1 Å². The molecule has 138 valence electrons. The number of esters is 1. The van der Waals surface area contributed by atoms with Crippen molar-refractivity contribution in [2.45, 2.75) is 26.3 Å². The Hall–Kier alpha value is -2.29. The van der Waals surface area contributed by atoms with Gasteiger partial charge in [-0.05, 0) is 48.8 Å². The molecular formula is C16H21BrN2O6. The van der Waals surface area contributed by atoms with Crippen molar-refractivity contribution < 1.29 is 28.6 Å². The van der Waals surface area contributed by atoms with E-state index in [1.165, 1.54) is 26.4 Å². The third-order valence-electron chi connectivity index (χ3n) is 2.76. The van der Waals surface area contributed by atoms with Crippen molar-refractivity contribution in [3.8, 4) is 11.5 Å². The van der Waals surface area contributed by atoms with E-state index in [9.17, 15) is 14.4 Å². The average Bonchev–Trinajstić information content (AvgIpc) is 2.50. The molecule has 1 aromatic rings. The molecule has 0 aromatic heterocycles. The minimum absolute atomic E-state index is 0.142. The lowest BCUT2D eigenvalue weighted by Gasteiger charge is -2.20. The molecule has 0 fully saturated rings. The van der Waals surface area contributed by atoms with Crippen LogP contribution < -0.4 is 20.1 Å². The van der Waals surface area contributed by atoms with Crippen LogP contribution >= 0.6 is 15.9 Å². The van der Waals surface area contributed by atoms with Crippen molar-refractivity contribution in [3.63, 3.8) is 0 Å². The third kappa shape index (κ3) is 6.61. The van der Waals surface area contributed by atoms with Crippen molar-refractivity contribution >= 4 is 33.8 Å². The molecule has 0 unspecified atom stereocenters. The standard InChI is InChI=1S/C16H21BrN2O6/c1-16(2,3)19-15(22)18-12(20)8-25-14(21)9-6-10(23-4)13(17)11(7-9)24-5/h6-7H,8H2,1-5H3,(H2,18,19,20,22). The highest BCUT2D eigenvalue weighted by molar-refractivity contribution is 9.10. The fourth-order valence-corrected chi connectivity index (χ4v) is 2.29. The van der Waals surface area contributed by atoms with Gasteiger partial charge in [-0.25, -0.2) is 9.59 Å². The van der Waals surface area contributed by atoms with Crippen molar-refractivity contribution in [3.05, 3.63) is 22.2 Å². The Morgan fingerprint density at radius 2 is 1.60 bits per heavy atom. The molecular weight excluding hydrogens is 396 g/mol. The molecule has 0 saturated heterocycles. The Balaban J connectivity index is 2.68. The normalized spacial score (nSPS) is 10.6. The van der Waals surface area contributed by atoms with Crippen LogP contribution in [0.3, 0.4) is 0 Å². The number of rotatable bonds is 5. The van der Waals surface area contributed by atoms with Crippen LogP contribution in [0.5, 0.6) is 11.5 Å². The highest BCUT2D eigenvalue weighted by Crippen LogP contribution is 2.35. The third-order valence-corrected chi connectivity index (χ3v) is 3.54. The second-order valence-electron chi connectivity index (χ2n) is 6.02. The van der Waals surface area contributed by atoms with Gasteiger partial charge in [0.05, 0.1) is 19.8 Å². The monoisotopic (exact) mass is 416 g/mol. The number of ether oxygens (including phenoxy) is 3. The maximum absolute atomic E-state index is 12.1. The molecule has 1 rings (SSSR count). The van der Waals surface area contributed by atoms with Gasteiger partial charge in [0, 0.05) is 5.54 Å². The first kappa shape index (κ1) is 20.8. The number of halogens is 1. The topological polar surface area (TPSA) is 103 Å². The summed E-state index contributed by atoms with van der Waals surface area (Å²) in [5.41, 5.74) is -0.352. The minimum atomic E-state index is -0.754. The second-order valence-corrected chi connectivity index (χ2v) is 6.82. The Kier molecular flexibility index (Phi) is 7.22. The predicted octanol–water partition coefficient (Wildman–Crippen LogP) is 2.25.